The van der Waals surface area contributed by atoms with Crippen LogP contribution in [-0.2, 0) is 0 Å². The largest absolute Gasteiger partial charge is 0.347 e. The second-order valence-corrected chi connectivity index (χ2v) is 2.81. The first-order valence-electron chi connectivity index (χ1n) is 4.13. The third-order valence-electron chi connectivity index (χ3n) is 1.69. The summed E-state index contributed by atoms with van der Waals surface area (Å²) >= 11 is 0. The average Bonchev–Trinajstić information content (AvgIpc) is 2.51. The molecule has 1 aromatic rings. The first-order valence-corrected chi connectivity index (χ1v) is 4.13. The zero-order valence-corrected chi connectivity index (χ0v) is 7.59. The van der Waals surface area contributed by atoms with Crippen LogP contribution in [0.15, 0.2) is 24.5 Å². The number of hydrogen-bond donors (Lipinski definition) is 2. The molecule has 3 nitrogen and oxygen atoms in total. The molecule has 0 radical (unpaired) electrons. The van der Waals surface area contributed by atoms with Crippen molar-refractivity contribution in [3.8, 4) is 0 Å². The van der Waals surface area contributed by atoms with E-state index in [0.717, 1.165) is 17.9 Å². The molecule has 1 atom stereocenters. The zero-order valence-electron chi connectivity index (χ0n) is 7.59. The van der Waals surface area contributed by atoms with Crippen LogP contribution in [0.2, 0.25) is 0 Å². The van der Waals surface area contributed by atoms with E-state index in [-0.39, 0.29) is 6.04 Å². The van der Waals surface area contributed by atoms with E-state index in [9.17, 15) is 0 Å². The Morgan fingerprint density at radius 2 is 2.58 bits per heavy atom. The Labute approximate surface area is 72.9 Å². The molecule has 1 aromatic heterocycles. The molecule has 1 heterocycles. The van der Waals surface area contributed by atoms with Gasteiger partial charge in [-0.15, -0.1) is 0 Å². The smallest absolute Gasteiger partial charge is 0.127 e. The topological polar surface area (TPSA) is 40.7 Å². The van der Waals surface area contributed by atoms with E-state index in [4.69, 9.17) is 0 Å². The fraction of sp³-hybridized carbons (Fsp3) is 0.444. The Morgan fingerprint density at radius 3 is 3.00 bits per heavy atom. The van der Waals surface area contributed by atoms with Crippen molar-refractivity contribution in [2.45, 2.75) is 19.9 Å². The molecule has 3 heteroatoms. The Kier molecular flexibility index (Phi) is 3.05. The van der Waals surface area contributed by atoms with Crippen molar-refractivity contribution in [2.24, 2.45) is 0 Å². The molecule has 0 saturated heterocycles. The summed E-state index contributed by atoms with van der Waals surface area (Å²) in [6.07, 6.45) is 3.57. The molecule has 0 spiro atoms. The lowest BCUT2D eigenvalue weighted by Gasteiger charge is -2.14. The third kappa shape index (κ3) is 1.95. The van der Waals surface area contributed by atoms with Crippen molar-refractivity contribution in [3.63, 3.8) is 0 Å². The van der Waals surface area contributed by atoms with Gasteiger partial charge in [-0.25, -0.2) is 4.98 Å². The van der Waals surface area contributed by atoms with E-state index in [1.54, 1.807) is 6.20 Å². The standard InChI is InChI=1S/C9H15N3/c1-4-10-8(7(2)3)9-11-5-6-12-9/h5-6,8,10H,2,4H2,1,3H3,(H,11,12). The second-order valence-electron chi connectivity index (χ2n) is 2.81. The summed E-state index contributed by atoms with van der Waals surface area (Å²) in [5, 5.41) is 3.29. The number of nitrogens with zero attached hydrogens (tertiary/aromatic N) is 1. The lowest BCUT2D eigenvalue weighted by atomic mass is 10.1. The summed E-state index contributed by atoms with van der Waals surface area (Å²) in [6, 6.07) is 0.157. The van der Waals surface area contributed by atoms with Crippen molar-refractivity contribution in [3.05, 3.63) is 30.4 Å². The number of hydrogen-bond acceptors (Lipinski definition) is 2. The van der Waals surface area contributed by atoms with Gasteiger partial charge in [0.1, 0.15) is 5.82 Å². The van der Waals surface area contributed by atoms with Gasteiger partial charge in [0, 0.05) is 12.4 Å². The summed E-state index contributed by atoms with van der Waals surface area (Å²) in [4.78, 5) is 7.25. The number of likely N-dealkylation sites (N-methyl/N-ethyl adjacent to an activating group) is 1. The van der Waals surface area contributed by atoms with Gasteiger partial charge in [-0.05, 0) is 13.5 Å². The predicted octanol–water partition coefficient (Wildman–Crippen LogP) is 1.64. The van der Waals surface area contributed by atoms with Crippen LogP contribution in [0.5, 0.6) is 0 Å². The molecular formula is C9H15N3. The van der Waals surface area contributed by atoms with Gasteiger partial charge in [0.2, 0.25) is 0 Å². The molecule has 0 aliphatic carbocycles. The normalized spacial score (nSPS) is 12.8. The van der Waals surface area contributed by atoms with E-state index >= 15 is 0 Å². The number of imidazole rings is 1. The van der Waals surface area contributed by atoms with Gasteiger partial charge in [0.15, 0.2) is 0 Å². The fourth-order valence-electron chi connectivity index (χ4n) is 1.14. The number of nitrogens with one attached hydrogen (secondary N) is 2. The number of rotatable bonds is 4. The van der Waals surface area contributed by atoms with E-state index < -0.39 is 0 Å². The molecule has 0 aliphatic heterocycles. The van der Waals surface area contributed by atoms with Crippen molar-refractivity contribution >= 4 is 0 Å². The van der Waals surface area contributed by atoms with Crippen LogP contribution < -0.4 is 5.32 Å². The summed E-state index contributed by atoms with van der Waals surface area (Å²) < 4.78 is 0. The minimum Gasteiger partial charge on any atom is -0.347 e. The molecular weight excluding hydrogens is 150 g/mol. The Bertz CT molecular complexity index is 238. The molecule has 12 heavy (non-hydrogen) atoms. The van der Waals surface area contributed by atoms with E-state index in [2.05, 4.69) is 28.8 Å². The molecule has 0 aromatic carbocycles. The van der Waals surface area contributed by atoms with Crippen LogP contribution >= 0.6 is 0 Å². The first-order chi connectivity index (χ1) is 5.75. The molecule has 66 valence electrons. The predicted molar refractivity (Wildman–Crippen MR) is 49.8 cm³/mol. The summed E-state index contributed by atoms with van der Waals surface area (Å²) in [5.41, 5.74) is 1.08. The van der Waals surface area contributed by atoms with Crippen molar-refractivity contribution in [1.82, 2.24) is 15.3 Å². The van der Waals surface area contributed by atoms with Crippen LogP contribution in [0, 0.1) is 0 Å². The van der Waals surface area contributed by atoms with E-state index in [1.807, 2.05) is 13.1 Å². The van der Waals surface area contributed by atoms with Crippen LogP contribution in [0.25, 0.3) is 0 Å². The third-order valence-corrected chi connectivity index (χ3v) is 1.69. The van der Waals surface area contributed by atoms with Gasteiger partial charge in [-0.3, -0.25) is 0 Å². The molecule has 1 unspecified atom stereocenters. The van der Waals surface area contributed by atoms with E-state index in [1.165, 1.54) is 0 Å². The summed E-state index contributed by atoms with van der Waals surface area (Å²) in [5.74, 6) is 0.935. The molecule has 0 bridgehead atoms. The maximum Gasteiger partial charge on any atom is 0.127 e. The molecule has 0 aliphatic rings. The quantitative estimate of drug-likeness (QED) is 0.666. The van der Waals surface area contributed by atoms with Gasteiger partial charge in [-0.1, -0.05) is 19.1 Å². The lowest BCUT2D eigenvalue weighted by molar-refractivity contribution is 0.595. The molecule has 2 N–H and O–H groups in total. The van der Waals surface area contributed by atoms with E-state index in [0.29, 0.717) is 0 Å². The van der Waals surface area contributed by atoms with Gasteiger partial charge in [0.05, 0.1) is 6.04 Å². The Hall–Kier alpha value is -1.09. The molecule has 0 amide bonds. The Balaban J connectivity index is 2.73. The van der Waals surface area contributed by atoms with Crippen LogP contribution in [0.1, 0.15) is 25.7 Å². The highest BCUT2D eigenvalue weighted by Crippen LogP contribution is 2.14. The van der Waals surface area contributed by atoms with Crippen LogP contribution in [0.3, 0.4) is 0 Å². The highest BCUT2D eigenvalue weighted by Gasteiger charge is 2.11. The highest BCUT2D eigenvalue weighted by molar-refractivity contribution is 5.12. The summed E-state index contributed by atoms with van der Waals surface area (Å²) in [7, 11) is 0. The molecule has 1 rings (SSSR count). The van der Waals surface area contributed by atoms with Gasteiger partial charge in [-0.2, -0.15) is 0 Å². The van der Waals surface area contributed by atoms with Crippen LogP contribution in [0.4, 0.5) is 0 Å². The average molecular weight is 165 g/mol. The Morgan fingerprint density at radius 1 is 1.83 bits per heavy atom. The summed E-state index contributed by atoms with van der Waals surface area (Å²) in [6.45, 7) is 8.89. The number of H-pyrrole nitrogens is 1. The van der Waals surface area contributed by atoms with Gasteiger partial charge >= 0.3 is 0 Å². The minimum atomic E-state index is 0.157. The zero-order chi connectivity index (χ0) is 8.97. The van der Waals surface area contributed by atoms with Crippen LogP contribution in [-0.4, -0.2) is 16.5 Å². The molecule has 0 fully saturated rings. The van der Waals surface area contributed by atoms with Gasteiger partial charge < -0.3 is 10.3 Å². The van der Waals surface area contributed by atoms with Crippen molar-refractivity contribution in [2.75, 3.05) is 6.54 Å². The lowest BCUT2D eigenvalue weighted by Crippen LogP contribution is -2.22. The first kappa shape index (κ1) is 9.00. The van der Waals surface area contributed by atoms with Crippen molar-refractivity contribution < 1.29 is 0 Å². The maximum absolute atomic E-state index is 4.18. The highest BCUT2D eigenvalue weighted by atomic mass is 15.0. The number of aromatic nitrogens is 2. The maximum atomic E-state index is 4.18. The number of aromatic amines is 1. The second kappa shape index (κ2) is 4.07. The SMILES string of the molecule is C=C(C)C(NCC)c1ncc[nH]1. The monoisotopic (exact) mass is 165 g/mol. The fourth-order valence-corrected chi connectivity index (χ4v) is 1.14. The van der Waals surface area contributed by atoms with Crippen molar-refractivity contribution in [1.29, 1.82) is 0 Å². The van der Waals surface area contributed by atoms with Gasteiger partial charge in [0.25, 0.3) is 0 Å². The molecule has 0 saturated carbocycles. The minimum absolute atomic E-state index is 0.157.